The Balaban J connectivity index is 1.41. The number of esters is 2. The van der Waals surface area contributed by atoms with Gasteiger partial charge in [-0.25, -0.2) is 9.59 Å². The van der Waals surface area contributed by atoms with Gasteiger partial charge in [0.25, 0.3) is 0 Å². The molecule has 0 aliphatic rings. The average Bonchev–Trinajstić information content (AvgIpc) is 2.94. The highest BCUT2D eigenvalue weighted by molar-refractivity contribution is 5.92. The minimum absolute atomic E-state index is 0.0175. The summed E-state index contributed by atoms with van der Waals surface area (Å²) in [6.45, 7) is 9.76. The molecule has 0 N–H and O–H groups in total. The van der Waals surface area contributed by atoms with Crippen molar-refractivity contribution >= 4 is 11.9 Å². The zero-order valence-corrected chi connectivity index (χ0v) is 21.6. The van der Waals surface area contributed by atoms with Gasteiger partial charge in [-0.15, -0.1) is 0 Å². The van der Waals surface area contributed by atoms with Gasteiger partial charge in [-0.05, 0) is 79.2 Å². The first-order valence-corrected chi connectivity index (χ1v) is 12.0. The summed E-state index contributed by atoms with van der Waals surface area (Å²) in [6, 6.07) is 18.3. The lowest BCUT2D eigenvalue weighted by molar-refractivity contribution is -0.128. The molecule has 3 aromatic carbocycles. The summed E-state index contributed by atoms with van der Waals surface area (Å²) in [7, 11) is 0. The van der Waals surface area contributed by atoms with E-state index in [0.29, 0.717) is 47.3 Å². The zero-order chi connectivity index (χ0) is 27.9. The molecule has 0 saturated heterocycles. The Labute approximate surface area is 227 Å². The van der Waals surface area contributed by atoms with Crippen LogP contribution < -0.4 is 23.7 Å². The molecular weight excluding hydrogens is 504 g/mol. The molecule has 0 fully saturated rings. The Morgan fingerprint density at radius 1 is 0.718 bits per heavy atom. The summed E-state index contributed by atoms with van der Waals surface area (Å²) in [4.78, 5) is 23.9. The topological polar surface area (TPSA) is 98.8 Å². The first kappa shape index (κ1) is 28.8. The van der Waals surface area contributed by atoms with Gasteiger partial charge in [0.1, 0.15) is 28.7 Å². The number of rotatable bonds is 16. The van der Waals surface area contributed by atoms with Crippen LogP contribution in [0.15, 0.2) is 92.2 Å². The van der Waals surface area contributed by atoms with Crippen molar-refractivity contribution in [2.24, 2.45) is 0 Å². The lowest BCUT2D eigenvalue weighted by Gasteiger charge is -2.12. The van der Waals surface area contributed by atoms with Gasteiger partial charge in [0, 0.05) is 12.5 Å². The number of benzene rings is 3. The van der Waals surface area contributed by atoms with E-state index < -0.39 is 11.9 Å². The molecule has 0 amide bonds. The maximum Gasteiger partial charge on any atom is 0.343 e. The molecule has 0 aromatic heterocycles. The van der Waals surface area contributed by atoms with Crippen LogP contribution in [0.25, 0.3) is 0 Å². The Bertz CT molecular complexity index is 1230. The van der Waals surface area contributed by atoms with Crippen molar-refractivity contribution in [2.45, 2.75) is 13.3 Å². The number of ether oxygens (including phenoxy) is 7. The van der Waals surface area contributed by atoms with Gasteiger partial charge in [0.2, 0.25) is 6.79 Å². The van der Waals surface area contributed by atoms with Crippen molar-refractivity contribution in [1.82, 2.24) is 0 Å². The number of aryl methyl sites for hydroxylation is 1. The molecule has 9 nitrogen and oxygen atoms in total. The van der Waals surface area contributed by atoms with Crippen LogP contribution >= 0.6 is 0 Å². The fourth-order valence-electron chi connectivity index (χ4n) is 3.15. The molecule has 9 heteroatoms. The minimum atomic E-state index is -0.574. The van der Waals surface area contributed by atoms with Gasteiger partial charge in [-0.2, -0.15) is 0 Å². The van der Waals surface area contributed by atoms with Crippen molar-refractivity contribution in [3.63, 3.8) is 0 Å². The predicted octanol–water partition coefficient (Wildman–Crippen LogP) is 5.62. The summed E-state index contributed by atoms with van der Waals surface area (Å²) in [5.41, 5.74) is 1.06. The molecule has 39 heavy (non-hydrogen) atoms. The lowest BCUT2D eigenvalue weighted by atomic mass is 10.1. The number of hydrogen-bond donors (Lipinski definition) is 0. The summed E-state index contributed by atoms with van der Waals surface area (Å²) < 4.78 is 37.5. The van der Waals surface area contributed by atoms with Gasteiger partial charge in [-0.1, -0.05) is 13.2 Å². The molecular formula is C30H30O9. The van der Waals surface area contributed by atoms with Gasteiger partial charge in [0.15, 0.2) is 6.79 Å². The van der Waals surface area contributed by atoms with Crippen molar-refractivity contribution < 1.29 is 42.7 Å². The second-order valence-corrected chi connectivity index (χ2v) is 7.90. The van der Waals surface area contributed by atoms with Crippen LogP contribution in [0.5, 0.6) is 28.7 Å². The van der Waals surface area contributed by atoms with Crippen LogP contribution in [0.1, 0.15) is 22.3 Å². The number of carbonyl (C=O) groups is 2. The third-order valence-corrected chi connectivity index (χ3v) is 5.08. The molecule has 0 aliphatic carbocycles. The molecule has 0 heterocycles. The summed E-state index contributed by atoms with van der Waals surface area (Å²) in [5.74, 6) is 1.41. The van der Waals surface area contributed by atoms with Crippen molar-refractivity contribution in [1.29, 1.82) is 0 Å². The largest absolute Gasteiger partial charge is 0.494 e. The Morgan fingerprint density at radius 2 is 1.31 bits per heavy atom. The third-order valence-electron chi connectivity index (χ3n) is 5.08. The van der Waals surface area contributed by atoms with Gasteiger partial charge in [-0.3, -0.25) is 0 Å². The van der Waals surface area contributed by atoms with E-state index in [1.165, 1.54) is 30.5 Å². The number of carbonyl (C=O) groups excluding carboxylic acids is 2. The standard InChI is InChI=1S/C30H30O9/c1-4-29(31)38-25-11-13-26(14-12-25)39-30(32)28-16-15-27(19-22(28)3)37-21-36-24-9-7-23(8-10-24)35-18-6-17-34-20-33-5-2/h4-5,7-16,19H,1-2,6,17-18,20-21H2,3H3. The summed E-state index contributed by atoms with van der Waals surface area (Å²) in [5, 5.41) is 0. The molecule has 3 aromatic rings. The van der Waals surface area contributed by atoms with E-state index in [2.05, 4.69) is 13.2 Å². The summed E-state index contributed by atoms with van der Waals surface area (Å²) >= 11 is 0. The normalized spacial score (nSPS) is 10.2. The smallest absolute Gasteiger partial charge is 0.343 e. The maximum atomic E-state index is 12.6. The quantitative estimate of drug-likeness (QED) is 0.0579. The Hall–Kier alpha value is -4.76. The van der Waals surface area contributed by atoms with Gasteiger partial charge in [0.05, 0.1) is 25.0 Å². The molecule has 3 rings (SSSR count). The van der Waals surface area contributed by atoms with Crippen LogP contribution in [0.2, 0.25) is 0 Å². The van der Waals surface area contributed by atoms with Gasteiger partial charge >= 0.3 is 11.9 Å². The monoisotopic (exact) mass is 534 g/mol. The van der Waals surface area contributed by atoms with E-state index in [-0.39, 0.29) is 13.6 Å². The second kappa shape index (κ2) is 15.5. The van der Waals surface area contributed by atoms with E-state index in [9.17, 15) is 9.59 Å². The van der Waals surface area contributed by atoms with E-state index >= 15 is 0 Å². The van der Waals surface area contributed by atoms with Crippen molar-refractivity contribution in [2.75, 3.05) is 26.8 Å². The first-order valence-electron chi connectivity index (χ1n) is 12.0. The highest BCUT2D eigenvalue weighted by atomic mass is 16.7. The van der Waals surface area contributed by atoms with Gasteiger partial charge < -0.3 is 33.2 Å². The highest BCUT2D eigenvalue weighted by Crippen LogP contribution is 2.23. The second-order valence-electron chi connectivity index (χ2n) is 7.90. The highest BCUT2D eigenvalue weighted by Gasteiger charge is 2.13. The van der Waals surface area contributed by atoms with Crippen LogP contribution in [0.3, 0.4) is 0 Å². The van der Waals surface area contributed by atoms with E-state index in [1.54, 1.807) is 37.3 Å². The Kier molecular flexibility index (Phi) is 11.4. The molecule has 0 radical (unpaired) electrons. The Morgan fingerprint density at radius 3 is 1.95 bits per heavy atom. The predicted molar refractivity (Wildman–Crippen MR) is 143 cm³/mol. The fraction of sp³-hybridized carbons (Fsp3) is 0.200. The molecule has 0 unspecified atom stereocenters. The molecule has 0 spiro atoms. The van der Waals surface area contributed by atoms with Crippen molar-refractivity contribution in [3.8, 4) is 28.7 Å². The third kappa shape index (κ3) is 9.90. The molecule has 0 aliphatic heterocycles. The molecule has 204 valence electrons. The van der Waals surface area contributed by atoms with Crippen LogP contribution in [0, 0.1) is 6.92 Å². The molecule has 0 bridgehead atoms. The fourth-order valence-corrected chi connectivity index (χ4v) is 3.15. The molecule has 0 saturated carbocycles. The van der Waals surface area contributed by atoms with E-state index in [4.69, 9.17) is 33.2 Å². The van der Waals surface area contributed by atoms with Crippen molar-refractivity contribution in [3.05, 3.63) is 103 Å². The van der Waals surface area contributed by atoms with Crippen LogP contribution in [0.4, 0.5) is 0 Å². The summed E-state index contributed by atoms with van der Waals surface area (Å²) in [6.07, 6.45) is 3.12. The minimum Gasteiger partial charge on any atom is -0.494 e. The lowest BCUT2D eigenvalue weighted by Crippen LogP contribution is -2.11. The average molecular weight is 535 g/mol. The zero-order valence-electron chi connectivity index (χ0n) is 21.6. The first-order chi connectivity index (χ1) is 19.0. The SMILES string of the molecule is C=COCOCCCOc1ccc(OCOc2ccc(C(=O)Oc3ccc(OC(=O)C=C)cc3)c(C)c2)cc1. The maximum absolute atomic E-state index is 12.6. The van der Waals surface area contributed by atoms with E-state index in [0.717, 1.165) is 18.2 Å². The van der Waals surface area contributed by atoms with Crippen LogP contribution in [-0.2, 0) is 14.3 Å². The number of hydrogen-bond acceptors (Lipinski definition) is 9. The van der Waals surface area contributed by atoms with Crippen LogP contribution in [-0.4, -0.2) is 38.7 Å². The molecule has 0 atom stereocenters. The van der Waals surface area contributed by atoms with E-state index in [1.807, 2.05) is 12.1 Å².